The molecule has 2 heterocycles. The third-order valence-electron chi connectivity index (χ3n) is 3.38. The van der Waals surface area contributed by atoms with Crippen LogP contribution in [0.1, 0.15) is 28.2 Å². The van der Waals surface area contributed by atoms with E-state index in [-0.39, 0.29) is 42.9 Å². The van der Waals surface area contributed by atoms with Crippen LogP contribution in [0.4, 0.5) is 0 Å². The zero-order valence-corrected chi connectivity index (χ0v) is 14.1. The number of nitrogens with zero attached hydrogens (tertiary/aromatic N) is 1. The molecule has 1 aromatic heterocycles. The highest BCUT2D eigenvalue weighted by Gasteiger charge is 2.26. The Bertz CT molecular complexity index is 451. The molecule has 1 saturated heterocycles. The number of carbonyl (C=O) groups excluding carboxylic acids is 1. The minimum atomic E-state index is -0.0654. The highest BCUT2D eigenvalue weighted by Crippen LogP contribution is 2.10. The molecule has 1 aliphatic heterocycles. The quantitative estimate of drug-likeness (QED) is 0.881. The summed E-state index contributed by atoms with van der Waals surface area (Å²) in [5.74, 6) is -0.0654. The van der Waals surface area contributed by atoms with Crippen LogP contribution in [0.2, 0.25) is 0 Å². The molecule has 1 amide bonds. The lowest BCUT2D eigenvalue weighted by Gasteiger charge is -2.31. The Balaban J connectivity index is 0.00000200. The van der Waals surface area contributed by atoms with Gasteiger partial charge >= 0.3 is 0 Å². The van der Waals surface area contributed by atoms with Gasteiger partial charge in [0.05, 0.1) is 12.1 Å². The Morgan fingerprint density at radius 3 is 2.52 bits per heavy atom. The summed E-state index contributed by atoms with van der Waals surface area (Å²) >= 11 is 0. The number of ether oxygens (including phenoxy) is 1. The van der Waals surface area contributed by atoms with Crippen molar-refractivity contribution in [2.75, 3.05) is 20.2 Å². The first-order valence-electron chi connectivity index (χ1n) is 6.60. The molecule has 0 unspecified atom stereocenters. The first kappa shape index (κ1) is 20.1. The zero-order valence-electron chi connectivity index (χ0n) is 12.5. The van der Waals surface area contributed by atoms with Gasteiger partial charge in [0.15, 0.2) is 0 Å². The molecule has 2 N–H and O–H groups in total. The van der Waals surface area contributed by atoms with Gasteiger partial charge < -0.3 is 15.4 Å². The number of piperidine rings is 1. The average Bonchev–Trinajstić information content (AvgIpc) is 2.38. The van der Waals surface area contributed by atoms with Gasteiger partial charge in [-0.3, -0.25) is 9.78 Å². The summed E-state index contributed by atoms with van der Waals surface area (Å²) in [6, 6.07) is 3.63. The topological polar surface area (TPSA) is 63.2 Å². The predicted molar refractivity (Wildman–Crippen MR) is 87.7 cm³/mol. The molecule has 0 saturated carbocycles. The van der Waals surface area contributed by atoms with Crippen molar-refractivity contribution >= 4 is 30.7 Å². The number of nitrogens with one attached hydrogen (secondary N) is 2. The molecule has 7 heteroatoms. The molecule has 2 rings (SSSR count). The van der Waals surface area contributed by atoms with Crippen molar-refractivity contribution in [2.45, 2.75) is 32.4 Å². The number of aryl methyl sites for hydroxylation is 2. The van der Waals surface area contributed by atoms with E-state index in [1.165, 1.54) is 0 Å². The lowest BCUT2D eigenvalue weighted by atomic mass is 10.0. The van der Waals surface area contributed by atoms with Crippen LogP contribution in [-0.2, 0) is 4.74 Å². The number of amides is 1. The Labute approximate surface area is 138 Å². The largest absolute Gasteiger partial charge is 0.379 e. The molecule has 1 aromatic rings. The Hall–Kier alpha value is -0.880. The van der Waals surface area contributed by atoms with Crippen LogP contribution in [0, 0.1) is 13.8 Å². The highest BCUT2D eigenvalue weighted by molar-refractivity contribution is 5.94. The van der Waals surface area contributed by atoms with Gasteiger partial charge in [-0.15, -0.1) is 24.8 Å². The average molecular weight is 336 g/mol. The molecule has 5 nitrogen and oxygen atoms in total. The van der Waals surface area contributed by atoms with Crippen molar-refractivity contribution in [1.29, 1.82) is 0 Å². The summed E-state index contributed by atoms with van der Waals surface area (Å²) in [6.07, 6.45) is 0.991. The van der Waals surface area contributed by atoms with Crippen LogP contribution in [0.15, 0.2) is 12.1 Å². The normalized spacial score (nSPS) is 20.9. The number of methoxy groups -OCH3 is 1. The minimum Gasteiger partial charge on any atom is -0.379 e. The molecular weight excluding hydrogens is 313 g/mol. The van der Waals surface area contributed by atoms with Gasteiger partial charge in [0, 0.05) is 30.6 Å². The maximum atomic E-state index is 12.3. The number of hydrogen-bond donors (Lipinski definition) is 2. The third-order valence-corrected chi connectivity index (χ3v) is 3.38. The van der Waals surface area contributed by atoms with Crippen LogP contribution < -0.4 is 10.6 Å². The second kappa shape index (κ2) is 9.20. The van der Waals surface area contributed by atoms with Gasteiger partial charge in [-0.05, 0) is 38.9 Å². The predicted octanol–water partition coefficient (Wildman–Crippen LogP) is 1.65. The fraction of sp³-hybridized carbons (Fsp3) is 0.571. The first-order valence-corrected chi connectivity index (χ1v) is 6.60. The van der Waals surface area contributed by atoms with Crippen molar-refractivity contribution in [3.63, 3.8) is 0 Å². The molecule has 0 spiro atoms. The van der Waals surface area contributed by atoms with E-state index in [0.717, 1.165) is 30.9 Å². The zero-order chi connectivity index (χ0) is 13.8. The Morgan fingerprint density at radius 2 is 1.95 bits per heavy atom. The number of halogens is 2. The van der Waals surface area contributed by atoms with Gasteiger partial charge in [0.25, 0.3) is 5.91 Å². The number of aromatic nitrogens is 1. The fourth-order valence-electron chi connectivity index (χ4n) is 2.48. The van der Waals surface area contributed by atoms with Crippen LogP contribution >= 0.6 is 24.8 Å². The monoisotopic (exact) mass is 335 g/mol. The second-order valence-electron chi connectivity index (χ2n) is 4.99. The maximum Gasteiger partial charge on any atom is 0.251 e. The van der Waals surface area contributed by atoms with Gasteiger partial charge in [-0.1, -0.05) is 0 Å². The van der Waals surface area contributed by atoms with Crippen LogP contribution in [0.25, 0.3) is 0 Å². The summed E-state index contributed by atoms with van der Waals surface area (Å²) in [5, 5.41) is 6.31. The molecule has 21 heavy (non-hydrogen) atoms. The summed E-state index contributed by atoms with van der Waals surface area (Å²) < 4.78 is 5.42. The summed E-state index contributed by atoms with van der Waals surface area (Å²) in [4.78, 5) is 16.5. The van der Waals surface area contributed by atoms with Crippen molar-refractivity contribution in [1.82, 2.24) is 15.6 Å². The van der Waals surface area contributed by atoms with E-state index >= 15 is 0 Å². The van der Waals surface area contributed by atoms with Gasteiger partial charge in [-0.25, -0.2) is 0 Å². The first-order chi connectivity index (χ1) is 9.10. The lowest BCUT2D eigenvalue weighted by Crippen LogP contribution is -2.54. The standard InChI is InChI=1S/C14H21N3O2.2ClH/c1-9-6-11(7-10(2)16-9)14(18)17-12-8-15-5-4-13(12)19-3;;/h6-7,12-13,15H,4-5,8H2,1-3H3,(H,17,18);2*1H/t12-,13+;;/m0../s1. The summed E-state index contributed by atoms with van der Waals surface area (Å²) in [7, 11) is 1.69. The smallest absolute Gasteiger partial charge is 0.251 e. The van der Waals surface area contributed by atoms with E-state index in [0.29, 0.717) is 5.56 Å². The molecule has 0 bridgehead atoms. The van der Waals surface area contributed by atoms with E-state index < -0.39 is 0 Å². The molecule has 1 fully saturated rings. The van der Waals surface area contributed by atoms with Crippen molar-refractivity contribution in [3.8, 4) is 0 Å². The summed E-state index contributed by atoms with van der Waals surface area (Å²) in [6.45, 7) is 5.46. The van der Waals surface area contributed by atoms with E-state index in [4.69, 9.17) is 4.74 Å². The molecule has 0 radical (unpaired) electrons. The fourth-order valence-corrected chi connectivity index (χ4v) is 2.48. The molecule has 120 valence electrons. The number of rotatable bonds is 3. The van der Waals surface area contributed by atoms with E-state index in [1.54, 1.807) is 19.2 Å². The van der Waals surface area contributed by atoms with E-state index in [1.807, 2.05) is 13.8 Å². The molecule has 0 aromatic carbocycles. The van der Waals surface area contributed by atoms with Crippen molar-refractivity contribution < 1.29 is 9.53 Å². The van der Waals surface area contributed by atoms with Crippen LogP contribution in [0.3, 0.4) is 0 Å². The maximum absolute atomic E-state index is 12.3. The SMILES string of the molecule is CO[C@@H]1CCNC[C@@H]1NC(=O)c1cc(C)nc(C)c1.Cl.Cl. The molecular formula is C14H23Cl2N3O2. The minimum absolute atomic E-state index is 0. The number of pyridine rings is 1. The lowest BCUT2D eigenvalue weighted by molar-refractivity contribution is 0.0448. The second-order valence-corrected chi connectivity index (χ2v) is 4.99. The van der Waals surface area contributed by atoms with Crippen LogP contribution in [0.5, 0.6) is 0 Å². The number of hydrogen-bond acceptors (Lipinski definition) is 4. The van der Waals surface area contributed by atoms with Crippen LogP contribution in [-0.4, -0.2) is 43.2 Å². The number of carbonyl (C=O) groups is 1. The molecule has 2 atom stereocenters. The highest BCUT2D eigenvalue weighted by atomic mass is 35.5. The van der Waals surface area contributed by atoms with E-state index in [9.17, 15) is 4.79 Å². The molecule has 0 aliphatic carbocycles. The van der Waals surface area contributed by atoms with Gasteiger partial charge in [0.1, 0.15) is 0 Å². The Kier molecular flexibility index (Phi) is 8.82. The van der Waals surface area contributed by atoms with Gasteiger partial charge in [-0.2, -0.15) is 0 Å². The van der Waals surface area contributed by atoms with E-state index in [2.05, 4.69) is 15.6 Å². The molecule has 1 aliphatic rings. The van der Waals surface area contributed by atoms with Gasteiger partial charge in [0.2, 0.25) is 0 Å². The van der Waals surface area contributed by atoms with Crippen molar-refractivity contribution in [2.24, 2.45) is 0 Å². The Morgan fingerprint density at radius 1 is 1.33 bits per heavy atom. The third kappa shape index (κ3) is 5.43. The van der Waals surface area contributed by atoms with Crippen molar-refractivity contribution in [3.05, 3.63) is 29.1 Å². The summed E-state index contributed by atoms with van der Waals surface area (Å²) in [5.41, 5.74) is 2.37.